The molecule has 0 aromatic carbocycles. The van der Waals surface area contributed by atoms with Crippen molar-refractivity contribution in [3.8, 4) is 5.75 Å². The summed E-state index contributed by atoms with van der Waals surface area (Å²) in [7, 11) is 0. The molecule has 0 bridgehead atoms. The molecule has 0 amide bonds. The normalized spacial score (nSPS) is 32.2. The number of pyridine rings is 1. The standard InChI is InChI=1S/C18H27NO3/c1-10-7-13(18(5,6)17(10,3)4)22-16-14-12(9-21-16)8-19-11(2)15(14)20/h8,10,13,16,20H,7,9H2,1-6H3. The summed E-state index contributed by atoms with van der Waals surface area (Å²) in [6.45, 7) is 13.7. The first-order valence-corrected chi connectivity index (χ1v) is 8.10. The first kappa shape index (κ1) is 15.8. The predicted octanol–water partition coefficient (Wildman–Crippen LogP) is 4.10. The molecule has 22 heavy (non-hydrogen) atoms. The molecule has 1 aliphatic heterocycles. The molecule has 0 saturated heterocycles. The molecule has 1 aromatic heterocycles. The summed E-state index contributed by atoms with van der Waals surface area (Å²) in [5.74, 6) is 0.796. The van der Waals surface area contributed by atoms with E-state index in [0.29, 0.717) is 18.2 Å². The quantitative estimate of drug-likeness (QED) is 0.893. The minimum atomic E-state index is -0.484. The molecule has 4 heteroatoms. The third kappa shape index (κ3) is 2.08. The molecule has 2 aliphatic rings. The van der Waals surface area contributed by atoms with Gasteiger partial charge in [0.1, 0.15) is 5.75 Å². The fourth-order valence-electron chi connectivity index (χ4n) is 3.72. The number of fused-ring (bicyclic) bond motifs is 1. The van der Waals surface area contributed by atoms with Gasteiger partial charge in [-0.05, 0) is 30.1 Å². The van der Waals surface area contributed by atoms with Gasteiger partial charge in [-0.2, -0.15) is 0 Å². The van der Waals surface area contributed by atoms with Crippen molar-refractivity contribution in [2.45, 2.75) is 67.0 Å². The van der Waals surface area contributed by atoms with Crippen molar-refractivity contribution in [1.82, 2.24) is 4.98 Å². The molecule has 3 rings (SSSR count). The molecule has 2 heterocycles. The Labute approximate surface area is 132 Å². The molecule has 1 aliphatic carbocycles. The molecule has 1 saturated carbocycles. The Morgan fingerprint density at radius 3 is 2.55 bits per heavy atom. The Morgan fingerprint density at radius 1 is 1.27 bits per heavy atom. The number of rotatable bonds is 2. The number of aromatic nitrogens is 1. The van der Waals surface area contributed by atoms with Crippen LogP contribution in [0.3, 0.4) is 0 Å². The van der Waals surface area contributed by atoms with Gasteiger partial charge in [-0.3, -0.25) is 4.98 Å². The van der Waals surface area contributed by atoms with E-state index in [9.17, 15) is 5.11 Å². The van der Waals surface area contributed by atoms with Gasteiger partial charge in [0.05, 0.1) is 24.0 Å². The lowest BCUT2D eigenvalue weighted by molar-refractivity contribution is -0.193. The van der Waals surface area contributed by atoms with E-state index >= 15 is 0 Å². The van der Waals surface area contributed by atoms with Gasteiger partial charge in [-0.25, -0.2) is 0 Å². The van der Waals surface area contributed by atoms with E-state index in [0.717, 1.165) is 17.5 Å². The van der Waals surface area contributed by atoms with Crippen LogP contribution in [0.15, 0.2) is 6.20 Å². The number of nitrogens with zero attached hydrogens (tertiary/aromatic N) is 1. The van der Waals surface area contributed by atoms with E-state index in [1.807, 2.05) is 0 Å². The van der Waals surface area contributed by atoms with Gasteiger partial charge in [0.2, 0.25) is 0 Å². The zero-order valence-electron chi connectivity index (χ0n) is 14.4. The lowest BCUT2D eigenvalue weighted by Crippen LogP contribution is -2.38. The van der Waals surface area contributed by atoms with Gasteiger partial charge in [0.15, 0.2) is 6.29 Å². The summed E-state index contributed by atoms with van der Waals surface area (Å²) < 4.78 is 12.1. The van der Waals surface area contributed by atoms with Crippen LogP contribution in [0, 0.1) is 23.7 Å². The minimum absolute atomic E-state index is 0.0518. The van der Waals surface area contributed by atoms with Crippen LogP contribution in [0.4, 0.5) is 0 Å². The van der Waals surface area contributed by atoms with Gasteiger partial charge >= 0.3 is 0 Å². The highest BCUT2D eigenvalue weighted by atomic mass is 16.7. The average molecular weight is 305 g/mol. The highest BCUT2D eigenvalue weighted by molar-refractivity contribution is 5.43. The van der Waals surface area contributed by atoms with Crippen molar-refractivity contribution >= 4 is 0 Å². The maximum atomic E-state index is 10.3. The molecule has 1 fully saturated rings. The lowest BCUT2D eigenvalue weighted by Gasteiger charge is -2.41. The molecular weight excluding hydrogens is 278 g/mol. The largest absolute Gasteiger partial charge is 0.506 e. The van der Waals surface area contributed by atoms with Gasteiger partial charge in [0.25, 0.3) is 0 Å². The zero-order valence-corrected chi connectivity index (χ0v) is 14.4. The van der Waals surface area contributed by atoms with E-state index in [2.05, 4.69) is 39.6 Å². The van der Waals surface area contributed by atoms with Crippen LogP contribution < -0.4 is 0 Å². The third-order valence-corrected chi connectivity index (χ3v) is 6.54. The molecular formula is C18H27NO3. The van der Waals surface area contributed by atoms with Crippen molar-refractivity contribution in [3.05, 3.63) is 23.0 Å². The summed E-state index contributed by atoms with van der Waals surface area (Å²) in [5, 5.41) is 10.3. The molecule has 1 aromatic rings. The Hall–Kier alpha value is -1.13. The third-order valence-electron chi connectivity index (χ3n) is 6.54. The molecule has 4 nitrogen and oxygen atoms in total. The summed E-state index contributed by atoms with van der Waals surface area (Å²) in [6, 6.07) is 0. The first-order valence-electron chi connectivity index (χ1n) is 8.10. The maximum absolute atomic E-state index is 10.3. The van der Waals surface area contributed by atoms with Crippen LogP contribution >= 0.6 is 0 Å². The fraction of sp³-hybridized carbons (Fsp3) is 0.722. The number of aromatic hydroxyl groups is 1. The van der Waals surface area contributed by atoms with Gasteiger partial charge < -0.3 is 14.6 Å². The van der Waals surface area contributed by atoms with Crippen LogP contribution in [-0.4, -0.2) is 16.2 Å². The Bertz CT molecular complexity index is 594. The molecule has 3 unspecified atom stereocenters. The van der Waals surface area contributed by atoms with E-state index in [4.69, 9.17) is 9.47 Å². The smallest absolute Gasteiger partial charge is 0.188 e. The Balaban J connectivity index is 1.87. The van der Waals surface area contributed by atoms with E-state index < -0.39 is 6.29 Å². The van der Waals surface area contributed by atoms with Crippen LogP contribution in [0.5, 0.6) is 5.75 Å². The fourth-order valence-corrected chi connectivity index (χ4v) is 3.72. The Morgan fingerprint density at radius 2 is 1.95 bits per heavy atom. The molecule has 3 atom stereocenters. The van der Waals surface area contributed by atoms with Crippen molar-refractivity contribution in [1.29, 1.82) is 0 Å². The number of ether oxygens (including phenoxy) is 2. The second-order valence-corrected chi connectivity index (χ2v) is 7.98. The summed E-state index contributed by atoms with van der Waals surface area (Å²) >= 11 is 0. The second-order valence-electron chi connectivity index (χ2n) is 7.98. The van der Waals surface area contributed by atoms with Crippen molar-refractivity contribution < 1.29 is 14.6 Å². The zero-order chi connectivity index (χ0) is 16.3. The number of aryl methyl sites for hydroxylation is 1. The van der Waals surface area contributed by atoms with E-state index in [1.165, 1.54) is 0 Å². The van der Waals surface area contributed by atoms with Crippen LogP contribution in [0.25, 0.3) is 0 Å². The van der Waals surface area contributed by atoms with Gasteiger partial charge in [-0.1, -0.05) is 34.6 Å². The SMILES string of the molecule is Cc1ncc2c(c1O)C(OC1CC(C)C(C)(C)C1(C)C)OC2. The molecule has 0 radical (unpaired) electrons. The lowest BCUT2D eigenvalue weighted by atomic mass is 9.67. The minimum Gasteiger partial charge on any atom is -0.506 e. The van der Waals surface area contributed by atoms with Crippen LogP contribution in [0.1, 0.15) is 64.2 Å². The van der Waals surface area contributed by atoms with Gasteiger partial charge in [0, 0.05) is 11.8 Å². The number of hydrogen-bond donors (Lipinski definition) is 1. The Kier molecular flexibility index (Phi) is 3.53. The number of hydrogen-bond acceptors (Lipinski definition) is 4. The predicted molar refractivity (Wildman–Crippen MR) is 84.4 cm³/mol. The van der Waals surface area contributed by atoms with Crippen molar-refractivity contribution in [2.75, 3.05) is 0 Å². The maximum Gasteiger partial charge on any atom is 0.188 e. The topological polar surface area (TPSA) is 51.6 Å². The summed E-state index contributed by atoms with van der Waals surface area (Å²) in [6.07, 6.45) is 2.42. The monoisotopic (exact) mass is 305 g/mol. The first-order chi connectivity index (χ1) is 10.2. The average Bonchev–Trinajstić information content (AvgIpc) is 2.90. The molecule has 1 N–H and O–H groups in total. The van der Waals surface area contributed by atoms with Crippen molar-refractivity contribution in [2.24, 2.45) is 16.7 Å². The highest BCUT2D eigenvalue weighted by Crippen LogP contribution is 2.57. The summed E-state index contributed by atoms with van der Waals surface area (Å²) in [4.78, 5) is 4.19. The van der Waals surface area contributed by atoms with Crippen LogP contribution in [-0.2, 0) is 16.1 Å². The summed E-state index contributed by atoms with van der Waals surface area (Å²) in [5.41, 5.74) is 2.57. The van der Waals surface area contributed by atoms with Gasteiger partial charge in [-0.15, -0.1) is 0 Å². The van der Waals surface area contributed by atoms with E-state index in [-0.39, 0.29) is 22.7 Å². The van der Waals surface area contributed by atoms with Crippen molar-refractivity contribution in [3.63, 3.8) is 0 Å². The highest BCUT2D eigenvalue weighted by Gasteiger charge is 2.54. The molecule has 0 spiro atoms. The second kappa shape index (κ2) is 4.93. The molecule has 122 valence electrons. The van der Waals surface area contributed by atoms with Crippen LogP contribution in [0.2, 0.25) is 0 Å². The van der Waals surface area contributed by atoms with E-state index in [1.54, 1.807) is 13.1 Å².